The van der Waals surface area contributed by atoms with Crippen LogP contribution in [0.25, 0.3) is 42.4 Å². The quantitative estimate of drug-likeness (QED) is 0.174. The van der Waals surface area contributed by atoms with Crippen LogP contribution < -0.4 is 10.9 Å². The lowest BCUT2D eigenvalue weighted by atomic mass is 9.92. The molecule has 0 unspecified atom stereocenters. The van der Waals surface area contributed by atoms with Gasteiger partial charge in [0.25, 0.3) is 0 Å². The highest BCUT2D eigenvalue weighted by atomic mass is 79.9. The number of fused-ring (bicyclic) bond motifs is 2. The van der Waals surface area contributed by atoms with Crippen molar-refractivity contribution in [3.63, 3.8) is 0 Å². The van der Waals surface area contributed by atoms with Crippen LogP contribution in [0.4, 0.5) is 0 Å². The van der Waals surface area contributed by atoms with Gasteiger partial charge in [-0.25, -0.2) is 0 Å². The highest BCUT2D eigenvalue weighted by molar-refractivity contribution is 9.11. The molecule has 0 saturated carbocycles. The van der Waals surface area contributed by atoms with Crippen molar-refractivity contribution in [3.05, 3.63) is 75.5 Å². The molecule has 2 nitrogen and oxygen atoms in total. The van der Waals surface area contributed by atoms with Crippen molar-refractivity contribution in [1.82, 2.24) is 0 Å². The summed E-state index contributed by atoms with van der Waals surface area (Å²) in [4.78, 5) is 29.7. The first-order chi connectivity index (χ1) is 16.4. The highest BCUT2D eigenvalue weighted by Crippen LogP contribution is 2.40. The van der Waals surface area contributed by atoms with Crippen molar-refractivity contribution in [2.45, 2.75) is 52.4 Å². The van der Waals surface area contributed by atoms with Gasteiger partial charge in [-0.15, -0.1) is 22.7 Å². The Morgan fingerprint density at radius 3 is 1.41 bits per heavy atom. The number of benzene rings is 1. The van der Waals surface area contributed by atoms with Crippen molar-refractivity contribution >= 4 is 76.1 Å². The van der Waals surface area contributed by atoms with Crippen molar-refractivity contribution < 1.29 is 0 Å². The first-order valence-corrected chi connectivity index (χ1v) is 14.9. The maximum atomic E-state index is 13.9. The fourth-order valence-corrected chi connectivity index (χ4v) is 7.73. The molecule has 0 fully saturated rings. The molecule has 0 aliphatic carbocycles. The average molecular weight is 616 g/mol. The first kappa shape index (κ1) is 24.1. The third-order valence-electron chi connectivity index (χ3n) is 6.55. The topological polar surface area (TPSA) is 34.1 Å². The van der Waals surface area contributed by atoms with Crippen LogP contribution in [0.3, 0.4) is 0 Å². The number of thiophene rings is 2. The summed E-state index contributed by atoms with van der Waals surface area (Å²) in [6, 6.07) is 12.1. The molecule has 5 rings (SSSR count). The number of hydrogen-bond acceptors (Lipinski definition) is 4. The van der Waals surface area contributed by atoms with E-state index in [1.807, 2.05) is 24.3 Å². The normalized spacial score (nSPS) is 11.9. The Hall–Kier alpha value is -1.60. The summed E-state index contributed by atoms with van der Waals surface area (Å²) in [6.07, 6.45) is 5.67. The number of aryl methyl sites for hydroxylation is 2. The van der Waals surface area contributed by atoms with E-state index in [1.54, 1.807) is 22.7 Å². The summed E-state index contributed by atoms with van der Waals surface area (Å²) in [7, 11) is 0. The molecular weight excluding hydrogens is 592 g/mol. The Kier molecular flexibility index (Phi) is 6.95. The van der Waals surface area contributed by atoms with Crippen LogP contribution in [0.2, 0.25) is 0 Å². The zero-order chi connectivity index (χ0) is 24.0. The first-order valence-electron chi connectivity index (χ1n) is 11.7. The van der Waals surface area contributed by atoms with Gasteiger partial charge in [-0.1, -0.05) is 26.7 Å². The van der Waals surface area contributed by atoms with Crippen LogP contribution >= 0.6 is 54.5 Å². The Balaban J connectivity index is 1.90. The van der Waals surface area contributed by atoms with Crippen molar-refractivity contribution in [3.8, 4) is 20.9 Å². The average Bonchev–Trinajstić information content (AvgIpc) is 3.58. The molecule has 0 N–H and O–H groups in total. The molecule has 2 aromatic heterocycles. The van der Waals surface area contributed by atoms with E-state index in [1.165, 1.54) is 0 Å². The summed E-state index contributed by atoms with van der Waals surface area (Å²) >= 11 is 10.2. The Morgan fingerprint density at radius 1 is 0.676 bits per heavy atom. The molecule has 6 heteroatoms. The van der Waals surface area contributed by atoms with E-state index < -0.39 is 0 Å². The fourth-order valence-electron chi connectivity index (χ4n) is 4.93. The molecule has 174 valence electrons. The lowest BCUT2D eigenvalue weighted by Crippen LogP contribution is -2.06. The minimum absolute atomic E-state index is 0.101. The van der Waals surface area contributed by atoms with Gasteiger partial charge < -0.3 is 0 Å². The van der Waals surface area contributed by atoms with Crippen LogP contribution in [0.5, 0.6) is 0 Å². The predicted molar refractivity (Wildman–Crippen MR) is 156 cm³/mol. The molecule has 0 aliphatic rings. The molecule has 0 atom stereocenters. The minimum Gasteiger partial charge on any atom is -0.289 e. The lowest BCUT2D eigenvalue weighted by Gasteiger charge is -2.11. The third kappa shape index (κ3) is 4.06. The summed E-state index contributed by atoms with van der Waals surface area (Å²) in [6.45, 7) is 4.33. The number of halogens is 2. The van der Waals surface area contributed by atoms with Gasteiger partial charge in [-0.05, 0) is 116 Å². The van der Waals surface area contributed by atoms with Crippen LogP contribution in [-0.4, -0.2) is 0 Å². The van der Waals surface area contributed by atoms with Gasteiger partial charge in [0, 0.05) is 31.7 Å². The zero-order valence-electron chi connectivity index (χ0n) is 19.1. The molecule has 0 amide bonds. The number of rotatable bonds is 8. The van der Waals surface area contributed by atoms with Crippen molar-refractivity contribution in [1.29, 1.82) is 0 Å². The highest BCUT2D eigenvalue weighted by Gasteiger charge is 2.25. The molecular formula is C28H24Br2O2S2. The van der Waals surface area contributed by atoms with Crippen LogP contribution in [0, 0.1) is 0 Å². The molecule has 2 heterocycles. The Bertz CT molecular complexity index is 1480. The predicted octanol–water partition coefficient (Wildman–Crippen LogP) is 9.26. The van der Waals surface area contributed by atoms with E-state index >= 15 is 0 Å². The summed E-state index contributed by atoms with van der Waals surface area (Å²) in [5.41, 5.74) is 3.82. The fraction of sp³-hybridized carbons (Fsp3) is 0.286. The largest absolute Gasteiger partial charge is 0.289 e. The molecule has 0 aliphatic heterocycles. The zero-order valence-corrected chi connectivity index (χ0v) is 23.9. The molecule has 0 saturated heterocycles. The summed E-state index contributed by atoms with van der Waals surface area (Å²) < 4.78 is 2.02. The van der Waals surface area contributed by atoms with Gasteiger partial charge in [0.05, 0.1) is 7.57 Å². The van der Waals surface area contributed by atoms with Crippen LogP contribution in [0.1, 0.15) is 50.7 Å². The van der Waals surface area contributed by atoms with Crippen molar-refractivity contribution in [2.75, 3.05) is 0 Å². The van der Waals surface area contributed by atoms with E-state index in [0.717, 1.165) is 99.7 Å². The molecule has 0 radical (unpaired) electrons. The third-order valence-corrected chi connectivity index (χ3v) is 9.87. The van der Waals surface area contributed by atoms with Gasteiger partial charge in [0.1, 0.15) is 0 Å². The Morgan fingerprint density at radius 2 is 1.09 bits per heavy atom. The van der Waals surface area contributed by atoms with Crippen LogP contribution in [-0.2, 0) is 12.8 Å². The maximum Gasteiger partial charge on any atom is 0.195 e. The second kappa shape index (κ2) is 9.81. The van der Waals surface area contributed by atoms with E-state index in [4.69, 9.17) is 0 Å². The lowest BCUT2D eigenvalue weighted by molar-refractivity contribution is 0.798. The molecule has 3 aromatic carbocycles. The summed E-state index contributed by atoms with van der Waals surface area (Å²) in [5.74, 6) is 0. The smallest absolute Gasteiger partial charge is 0.195 e. The second-order valence-corrected chi connectivity index (χ2v) is 13.6. The Labute approximate surface area is 223 Å². The monoisotopic (exact) mass is 614 g/mol. The van der Waals surface area contributed by atoms with E-state index in [0.29, 0.717) is 0 Å². The van der Waals surface area contributed by atoms with Gasteiger partial charge in [0.15, 0.2) is 10.9 Å². The molecule has 0 spiro atoms. The number of hydrogen-bond donors (Lipinski definition) is 0. The van der Waals surface area contributed by atoms with Crippen LogP contribution in [0.15, 0.2) is 53.6 Å². The van der Waals surface area contributed by atoms with Crippen molar-refractivity contribution in [2.24, 2.45) is 0 Å². The van der Waals surface area contributed by atoms with Gasteiger partial charge >= 0.3 is 0 Å². The van der Waals surface area contributed by atoms with E-state index in [2.05, 4.69) is 57.8 Å². The van der Waals surface area contributed by atoms with E-state index in [-0.39, 0.29) is 10.9 Å². The molecule has 0 bridgehead atoms. The molecule has 5 aromatic rings. The molecule has 34 heavy (non-hydrogen) atoms. The SMILES string of the molecule is CCCCc1c2cc(-c3ccc(Br)s3)c(=O)c2c(CCCC)c2cc(-c3ccc(Br)s3)c(=O)c12. The summed E-state index contributed by atoms with van der Waals surface area (Å²) in [5, 5.41) is 3.63. The number of unbranched alkanes of at least 4 members (excludes halogenated alkanes) is 2. The standard InChI is InChI=1S/C28H24Br2O2S2/c1-3-5-7-15-17-13-19(21-9-11-23(29)33-21)28(32)26(17)16(8-6-4-2)18-14-20(27(31)25(15)18)22-10-12-24(30)34-22/h9-14H,3-8H2,1-2H3. The van der Waals surface area contributed by atoms with Gasteiger partial charge in [-0.2, -0.15) is 0 Å². The maximum absolute atomic E-state index is 13.9. The van der Waals surface area contributed by atoms with Gasteiger partial charge in [-0.3, -0.25) is 9.59 Å². The van der Waals surface area contributed by atoms with Gasteiger partial charge in [0.2, 0.25) is 0 Å². The van der Waals surface area contributed by atoms with E-state index in [9.17, 15) is 9.59 Å². The minimum atomic E-state index is 0.101. The second-order valence-electron chi connectivity index (χ2n) is 8.72.